The summed E-state index contributed by atoms with van der Waals surface area (Å²) < 4.78 is 0. The van der Waals surface area contributed by atoms with Crippen LogP contribution in [-0.2, 0) is 4.79 Å². The van der Waals surface area contributed by atoms with Crippen molar-refractivity contribution in [2.45, 2.75) is 6.42 Å². The van der Waals surface area contributed by atoms with Crippen molar-refractivity contribution >= 4 is 22.6 Å². The fourth-order valence-electron chi connectivity index (χ4n) is 3.45. The number of Topliss-reactive ketones (excluding diaryl/α,β-unsaturated/α-hetero) is 1. The van der Waals surface area contributed by atoms with Gasteiger partial charge in [-0.1, -0.05) is 55.1 Å². The highest BCUT2D eigenvalue weighted by Gasteiger charge is 2.36. The van der Waals surface area contributed by atoms with Gasteiger partial charge in [0.1, 0.15) is 5.92 Å². The van der Waals surface area contributed by atoms with Gasteiger partial charge >= 0.3 is 0 Å². The first-order valence-electron chi connectivity index (χ1n) is 8.61. The summed E-state index contributed by atoms with van der Waals surface area (Å²) in [5, 5.41) is 0.780. The molecule has 128 valence electrons. The number of para-hydroxylation sites is 1. The number of carbonyl (C=O) groups excluding carboxylic acids is 2. The number of benzene rings is 2. The lowest BCUT2D eigenvalue weighted by molar-refractivity contribution is -0.127. The van der Waals surface area contributed by atoms with E-state index in [1.165, 1.54) is 11.1 Å². The molecule has 0 radical (unpaired) electrons. The van der Waals surface area contributed by atoms with E-state index in [-0.39, 0.29) is 11.7 Å². The second-order valence-electron chi connectivity index (χ2n) is 6.36. The number of hydrogen-bond donors (Lipinski definition) is 0. The number of likely N-dealkylation sites (tertiary alicyclic amines) is 1. The molecule has 1 aliphatic heterocycles. The average molecular weight is 342 g/mol. The van der Waals surface area contributed by atoms with Crippen molar-refractivity contribution in [3.63, 3.8) is 0 Å². The molecule has 4 rings (SSSR count). The Hall–Kier alpha value is -3.27. The van der Waals surface area contributed by atoms with E-state index in [0.717, 1.165) is 22.2 Å². The highest BCUT2D eigenvalue weighted by atomic mass is 16.2. The number of pyridine rings is 1. The molecule has 2 aromatic carbocycles. The summed E-state index contributed by atoms with van der Waals surface area (Å²) in [5.41, 5.74) is 2.98. The van der Waals surface area contributed by atoms with Crippen LogP contribution in [0.25, 0.3) is 22.2 Å². The second-order valence-corrected chi connectivity index (χ2v) is 6.36. The summed E-state index contributed by atoms with van der Waals surface area (Å²) in [6.07, 6.45) is 2.01. The minimum atomic E-state index is -0.651. The molecular formula is C22H18N2O2. The summed E-state index contributed by atoms with van der Waals surface area (Å²) >= 11 is 0. The van der Waals surface area contributed by atoms with Crippen LogP contribution < -0.4 is 0 Å². The topological polar surface area (TPSA) is 50.3 Å². The molecule has 1 amide bonds. The molecule has 4 nitrogen and oxygen atoms in total. The molecule has 26 heavy (non-hydrogen) atoms. The number of rotatable bonds is 4. The van der Waals surface area contributed by atoms with E-state index in [4.69, 9.17) is 4.98 Å². The van der Waals surface area contributed by atoms with E-state index >= 15 is 0 Å². The number of amides is 1. The third-order valence-electron chi connectivity index (χ3n) is 4.83. The smallest absolute Gasteiger partial charge is 0.237 e. The van der Waals surface area contributed by atoms with Gasteiger partial charge in [0.2, 0.25) is 5.91 Å². The maximum Gasteiger partial charge on any atom is 0.237 e. The number of ketones is 1. The van der Waals surface area contributed by atoms with Crippen molar-refractivity contribution < 1.29 is 9.59 Å². The third kappa shape index (κ3) is 2.69. The van der Waals surface area contributed by atoms with Gasteiger partial charge in [0.05, 0.1) is 11.2 Å². The number of nitrogens with zero attached hydrogens (tertiary/aromatic N) is 2. The standard InChI is InChI=1S/C22H18N2O2/c1-2-24-13-12-17(22(24)26)21(25)18-14-20(15-8-4-3-5-9-15)23-19-11-7-6-10-16(18)19/h2-11,14,17H,1,12-13H2/t17-/m0/s1. The zero-order valence-corrected chi connectivity index (χ0v) is 14.3. The molecule has 1 atom stereocenters. The fourth-order valence-corrected chi connectivity index (χ4v) is 3.45. The summed E-state index contributed by atoms with van der Waals surface area (Å²) in [5.74, 6) is -0.968. The van der Waals surface area contributed by atoms with Crippen LogP contribution in [0, 0.1) is 5.92 Å². The minimum Gasteiger partial charge on any atom is -0.319 e. The summed E-state index contributed by atoms with van der Waals surface area (Å²) in [7, 11) is 0. The van der Waals surface area contributed by atoms with Gasteiger partial charge in [0.25, 0.3) is 0 Å². The molecule has 2 heterocycles. The van der Waals surface area contributed by atoms with Gasteiger partial charge in [-0.15, -0.1) is 0 Å². The van der Waals surface area contributed by atoms with Crippen LogP contribution in [0.15, 0.2) is 73.4 Å². The second kappa shape index (κ2) is 6.56. The van der Waals surface area contributed by atoms with E-state index in [2.05, 4.69) is 6.58 Å². The van der Waals surface area contributed by atoms with Gasteiger partial charge in [-0.05, 0) is 24.8 Å². The van der Waals surface area contributed by atoms with Crippen LogP contribution in [0.2, 0.25) is 0 Å². The van der Waals surface area contributed by atoms with Crippen molar-refractivity contribution in [3.8, 4) is 11.3 Å². The maximum atomic E-state index is 13.2. The SMILES string of the molecule is C=CN1CC[C@@H](C(=O)c2cc(-c3ccccc3)nc3ccccc23)C1=O. The summed E-state index contributed by atoms with van der Waals surface area (Å²) in [6, 6.07) is 19.1. The van der Waals surface area contributed by atoms with E-state index < -0.39 is 5.92 Å². The van der Waals surface area contributed by atoms with Crippen molar-refractivity contribution in [2.24, 2.45) is 5.92 Å². The first-order chi connectivity index (χ1) is 12.7. The molecule has 0 saturated carbocycles. The monoisotopic (exact) mass is 342 g/mol. The van der Waals surface area contributed by atoms with Crippen LogP contribution in [0.1, 0.15) is 16.8 Å². The molecule has 0 aliphatic carbocycles. The minimum absolute atomic E-state index is 0.143. The Labute approximate surface area is 151 Å². The van der Waals surface area contributed by atoms with Crippen LogP contribution in [0.5, 0.6) is 0 Å². The highest BCUT2D eigenvalue weighted by Crippen LogP contribution is 2.29. The predicted octanol–water partition coefficient (Wildman–Crippen LogP) is 4.08. The normalized spacial score (nSPS) is 16.8. The number of hydrogen-bond acceptors (Lipinski definition) is 3. The maximum absolute atomic E-state index is 13.2. The van der Waals surface area contributed by atoms with Gasteiger partial charge in [-0.25, -0.2) is 4.98 Å². The third-order valence-corrected chi connectivity index (χ3v) is 4.83. The Balaban J connectivity index is 1.85. The molecule has 1 aromatic heterocycles. The quantitative estimate of drug-likeness (QED) is 0.530. The molecule has 0 spiro atoms. The molecule has 0 bridgehead atoms. The van der Waals surface area contributed by atoms with Gasteiger partial charge in [-0.2, -0.15) is 0 Å². The summed E-state index contributed by atoms with van der Waals surface area (Å²) in [6.45, 7) is 4.18. The number of aromatic nitrogens is 1. The van der Waals surface area contributed by atoms with Crippen LogP contribution in [0.3, 0.4) is 0 Å². The first-order valence-corrected chi connectivity index (χ1v) is 8.61. The van der Waals surface area contributed by atoms with Crippen molar-refractivity contribution in [2.75, 3.05) is 6.54 Å². The zero-order valence-electron chi connectivity index (χ0n) is 14.3. The molecule has 4 heteroatoms. The molecule has 1 aliphatic rings. The van der Waals surface area contributed by atoms with Crippen molar-refractivity contribution in [1.82, 2.24) is 9.88 Å². The van der Waals surface area contributed by atoms with Crippen LogP contribution >= 0.6 is 0 Å². The van der Waals surface area contributed by atoms with E-state index in [1.807, 2.05) is 60.7 Å². The van der Waals surface area contributed by atoms with E-state index in [0.29, 0.717) is 18.5 Å². The Morgan fingerprint density at radius 1 is 1.12 bits per heavy atom. The van der Waals surface area contributed by atoms with Gasteiger partial charge < -0.3 is 4.90 Å². The van der Waals surface area contributed by atoms with Crippen LogP contribution in [0.4, 0.5) is 0 Å². The van der Waals surface area contributed by atoms with Crippen molar-refractivity contribution in [1.29, 1.82) is 0 Å². The zero-order chi connectivity index (χ0) is 18.1. The lowest BCUT2D eigenvalue weighted by atomic mass is 9.92. The molecule has 0 unspecified atom stereocenters. The Morgan fingerprint density at radius 2 is 1.85 bits per heavy atom. The first kappa shape index (κ1) is 16.2. The lowest BCUT2D eigenvalue weighted by Crippen LogP contribution is -2.26. The predicted molar refractivity (Wildman–Crippen MR) is 102 cm³/mol. The Morgan fingerprint density at radius 3 is 2.58 bits per heavy atom. The molecule has 3 aromatic rings. The van der Waals surface area contributed by atoms with E-state index in [1.54, 1.807) is 0 Å². The molecule has 0 N–H and O–H groups in total. The lowest BCUT2D eigenvalue weighted by Gasteiger charge is -2.13. The number of fused-ring (bicyclic) bond motifs is 1. The van der Waals surface area contributed by atoms with Crippen LogP contribution in [-0.4, -0.2) is 28.1 Å². The average Bonchev–Trinajstić information content (AvgIpc) is 3.07. The van der Waals surface area contributed by atoms with Gasteiger partial charge in [0, 0.05) is 23.1 Å². The summed E-state index contributed by atoms with van der Waals surface area (Å²) in [4.78, 5) is 31.9. The van der Waals surface area contributed by atoms with E-state index in [9.17, 15) is 9.59 Å². The largest absolute Gasteiger partial charge is 0.319 e. The number of carbonyl (C=O) groups is 2. The molecule has 1 saturated heterocycles. The van der Waals surface area contributed by atoms with Gasteiger partial charge in [0.15, 0.2) is 5.78 Å². The molecular weight excluding hydrogens is 324 g/mol. The Bertz CT molecular complexity index is 1010. The molecule has 1 fully saturated rings. The fraction of sp³-hybridized carbons (Fsp3) is 0.136. The Kier molecular flexibility index (Phi) is 4.09. The van der Waals surface area contributed by atoms with Crippen molar-refractivity contribution in [3.05, 3.63) is 79.0 Å². The van der Waals surface area contributed by atoms with Gasteiger partial charge in [-0.3, -0.25) is 9.59 Å². The highest BCUT2D eigenvalue weighted by molar-refractivity contribution is 6.16.